The molecule has 1 saturated heterocycles. The fourth-order valence-electron chi connectivity index (χ4n) is 2.85. The number of aliphatic hydroxyl groups is 1. The number of alkyl halides is 3. The van der Waals surface area contributed by atoms with Gasteiger partial charge in [-0.15, -0.1) is 12.4 Å². The van der Waals surface area contributed by atoms with Crippen LogP contribution < -0.4 is 11.1 Å². The first-order chi connectivity index (χ1) is 11.4. The van der Waals surface area contributed by atoms with Crippen molar-refractivity contribution in [2.24, 2.45) is 17.6 Å². The molecule has 0 spiro atoms. The summed E-state index contributed by atoms with van der Waals surface area (Å²) < 4.78 is 38.4. The number of likely N-dealkylation sites (tertiary alicyclic amines) is 1. The standard InChI is InChI=1S/C16H28F3N3O3.ClH/c1-8(2)11(20)15(25)22-7-5-6-10(22)14(24)21-12(9(3)4)13(23)16(17,18)19;/h8-13,23H,5-7,20H2,1-4H3,(H,21,24);1H/t10-,11-,12-,13-;/m0./s1. The second-order valence-corrected chi connectivity index (χ2v) is 7.22. The highest BCUT2D eigenvalue weighted by molar-refractivity contribution is 5.90. The van der Waals surface area contributed by atoms with Crippen LogP contribution in [0.25, 0.3) is 0 Å². The molecular formula is C16H29ClF3N3O3. The summed E-state index contributed by atoms with van der Waals surface area (Å²) in [5.41, 5.74) is 5.85. The molecule has 1 fully saturated rings. The number of halogens is 4. The molecule has 4 atom stereocenters. The van der Waals surface area contributed by atoms with Crippen molar-refractivity contribution < 1.29 is 27.9 Å². The summed E-state index contributed by atoms with van der Waals surface area (Å²) >= 11 is 0. The van der Waals surface area contributed by atoms with Gasteiger partial charge in [0.25, 0.3) is 0 Å². The van der Waals surface area contributed by atoms with Gasteiger partial charge in [-0.3, -0.25) is 9.59 Å². The van der Waals surface area contributed by atoms with Gasteiger partial charge in [0.05, 0.1) is 12.1 Å². The molecular weight excluding hydrogens is 375 g/mol. The van der Waals surface area contributed by atoms with E-state index in [1.807, 2.05) is 0 Å². The summed E-state index contributed by atoms with van der Waals surface area (Å²) in [6, 6.07) is -3.11. The highest BCUT2D eigenvalue weighted by Gasteiger charge is 2.46. The Morgan fingerprint density at radius 2 is 1.73 bits per heavy atom. The van der Waals surface area contributed by atoms with Crippen LogP contribution in [-0.2, 0) is 9.59 Å². The number of carbonyl (C=O) groups excluding carboxylic acids is 2. The van der Waals surface area contributed by atoms with Crippen molar-refractivity contribution in [2.75, 3.05) is 6.54 Å². The zero-order chi connectivity index (χ0) is 19.5. The molecule has 1 aliphatic rings. The lowest BCUT2D eigenvalue weighted by atomic mass is 9.97. The first-order valence-electron chi connectivity index (χ1n) is 8.49. The Hall–Kier alpha value is -1.06. The second kappa shape index (κ2) is 9.75. The third-order valence-corrected chi connectivity index (χ3v) is 4.54. The summed E-state index contributed by atoms with van der Waals surface area (Å²) in [5.74, 6) is -1.83. The van der Waals surface area contributed by atoms with Gasteiger partial charge in [0, 0.05) is 6.54 Å². The summed E-state index contributed by atoms with van der Waals surface area (Å²) in [6.07, 6.45) is -6.58. The molecule has 1 rings (SSSR count). The average Bonchev–Trinajstić information content (AvgIpc) is 2.98. The van der Waals surface area contributed by atoms with Crippen molar-refractivity contribution >= 4 is 24.2 Å². The van der Waals surface area contributed by atoms with Crippen LogP contribution >= 0.6 is 12.4 Å². The predicted molar refractivity (Wildman–Crippen MR) is 93.6 cm³/mol. The van der Waals surface area contributed by atoms with E-state index in [0.717, 1.165) is 0 Å². The lowest BCUT2D eigenvalue weighted by Crippen LogP contribution is -2.58. The van der Waals surface area contributed by atoms with E-state index in [2.05, 4.69) is 5.32 Å². The maximum atomic E-state index is 12.8. The van der Waals surface area contributed by atoms with Crippen molar-refractivity contribution in [1.29, 1.82) is 0 Å². The molecule has 2 amide bonds. The third kappa shape index (κ3) is 5.99. The van der Waals surface area contributed by atoms with Crippen molar-refractivity contribution in [3.8, 4) is 0 Å². The van der Waals surface area contributed by atoms with Gasteiger partial charge in [-0.25, -0.2) is 0 Å². The smallest absolute Gasteiger partial charge is 0.382 e. The van der Waals surface area contributed by atoms with Crippen LogP contribution in [-0.4, -0.2) is 58.8 Å². The van der Waals surface area contributed by atoms with E-state index in [-0.39, 0.29) is 24.2 Å². The topological polar surface area (TPSA) is 95.7 Å². The normalized spacial score (nSPS) is 21.3. The van der Waals surface area contributed by atoms with Gasteiger partial charge in [-0.05, 0) is 24.7 Å². The van der Waals surface area contributed by atoms with Gasteiger partial charge in [0.2, 0.25) is 11.8 Å². The van der Waals surface area contributed by atoms with Crippen LogP contribution in [0, 0.1) is 11.8 Å². The lowest BCUT2D eigenvalue weighted by molar-refractivity contribution is -0.215. The minimum atomic E-state index is -4.84. The predicted octanol–water partition coefficient (Wildman–Crippen LogP) is 1.45. The van der Waals surface area contributed by atoms with E-state index in [0.29, 0.717) is 19.4 Å². The quantitative estimate of drug-likeness (QED) is 0.625. The van der Waals surface area contributed by atoms with Crippen molar-refractivity contribution in [3.63, 3.8) is 0 Å². The molecule has 26 heavy (non-hydrogen) atoms. The molecule has 10 heteroatoms. The largest absolute Gasteiger partial charge is 0.416 e. The molecule has 154 valence electrons. The van der Waals surface area contributed by atoms with E-state index < -0.39 is 42.2 Å². The summed E-state index contributed by atoms with van der Waals surface area (Å²) in [6.45, 7) is 6.86. The van der Waals surface area contributed by atoms with Crippen LogP contribution in [0.4, 0.5) is 13.2 Å². The molecule has 0 unspecified atom stereocenters. The van der Waals surface area contributed by atoms with E-state index in [4.69, 9.17) is 5.73 Å². The summed E-state index contributed by atoms with van der Waals surface area (Å²) in [5, 5.41) is 11.8. The average molecular weight is 404 g/mol. The minimum absolute atomic E-state index is 0. The highest BCUT2D eigenvalue weighted by atomic mass is 35.5. The Labute approximate surface area is 158 Å². The Balaban J connectivity index is 0.00000625. The van der Waals surface area contributed by atoms with Crippen LogP contribution in [0.5, 0.6) is 0 Å². The molecule has 4 N–H and O–H groups in total. The molecule has 1 aliphatic heterocycles. The van der Waals surface area contributed by atoms with Gasteiger partial charge in [-0.1, -0.05) is 27.7 Å². The number of rotatable bonds is 6. The van der Waals surface area contributed by atoms with Gasteiger partial charge in [0.1, 0.15) is 6.04 Å². The van der Waals surface area contributed by atoms with Crippen molar-refractivity contribution in [1.82, 2.24) is 10.2 Å². The Morgan fingerprint density at radius 1 is 1.19 bits per heavy atom. The van der Waals surface area contributed by atoms with E-state index in [1.165, 1.54) is 18.7 Å². The fourth-order valence-corrected chi connectivity index (χ4v) is 2.85. The van der Waals surface area contributed by atoms with Gasteiger partial charge >= 0.3 is 6.18 Å². The number of aliphatic hydroxyl groups excluding tert-OH is 1. The number of amides is 2. The molecule has 0 saturated carbocycles. The van der Waals surface area contributed by atoms with Gasteiger partial charge < -0.3 is 21.1 Å². The third-order valence-electron chi connectivity index (χ3n) is 4.54. The van der Waals surface area contributed by atoms with Crippen LogP contribution in [0.2, 0.25) is 0 Å². The first-order valence-corrected chi connectivity index (χ1v) is 8.49. The van der Waals surface area contributed by atoms with Crippen molar-refractivity contribution in [2.45, 2.75) is 70.9 Å². The zero-order valence-electron chi connectivity index (χ0n) is 15.4. The summed E-state index contributed by atoms with van der Waals surface area (Å²) in [4.78, 5) is 26.2. The molecule has 0 radical (unpaired) electrons. The van der Waals surface area contributed by atoms with E-state index in [1.54, 1.807) is 13.8 Å². The Morgan fingerprint density at radius 3 is 2.15 bits per heavy atom. The minimum Gasteiger partial charge on any atom is -0.382 e. The number of hydrogen-bond donors (Lipinski definition) is 3. The Bertz CT molecular complexity index is 489. The van der Waals surface area contributed by atoms with Gasteiger partial charge in [0.15, 0.2) is 6.10 Å². The first kappa shape index (κ1) is 24.9. The number of nitrogens with two attached hydrogens (primary N) is 1. The van der Waals surface area contributed by atoms with Crippen molar-refractivity contribution in [3.05, 3.63) is 0 Å². The number of carbonyl (C=O) groups is 2. The number of nitrogens with one attached hydrogen (secondary N) is 1. The molecule has 1 heterocycles. The molecule has 0 aromatic rings. The molecule has 6 nitrogen and oxygen atoms in total. The van der Waals surface area contributed by atoms with Crippen LogP contribution in [0.15, 0.2) is 0 Å². The van der Waals surface area contributed by atoms with Crippen LogP contribution in [0.1, 0.15) is 40.5 Å². The maximum Gasteiger partial charge on any atom is 0.416 e. The van der Waals surface area contributed by atoms with Crippen LogP contribution in [0.3, 0.4) is 0 Å². The van der Waals surface area contributed by atoms with Gasteiger partial charge in [-0.2, -0.15) is 13.2 Å². The lowest BCUT2D eigenvalue weighted by Gasteiger charge is -2.32. The molecule has 0 bridgehead atoms. The number of hydrogen-bond acceptors (Lipinski definition) is 4. The maximum absolute atomic E-state index is 12.8. The molecule has 0 aromatic carbocycles. The molecule has 0 aromatic heterocycles. The SMILES string of the molecule is CC(C)[C@H](N)C(=O)N1CCC[C@H]1C(=O)N[C@@H](C(C)C)[C@H](O)C(F)(F)F.Cl. The monoisotopic (exact) mass is 403 g/mol. The summed E-state index contributed by atoms with van der Waals surface area (Å²) in [7, 11) is 0. The molecule has 0 aliphatic carbocycles. The Kier molecular flexibility index (Phi) is 9.36. The van der Waals surface area contributed by atoms with E-state index >= 15 is 0 Å². The highest BCUT2D eigenvalue weighted by Crippen LogP contribution is 2.26. The second-order valence-electron chi connectivity index (χ2n) is 7.22. The fraction of sp³-hybridized carbons (Fsp3) is 0.875. The van der Waals surface area contributed by atoms with E-state index in [9.17, 15) is 27.9 Å². The number of nitrogens with zero attached hydrogens (tertiary/aromatic N) is 1. The zero-order valence-corrected chi connectivity index (χ0v) is 16.2.